The van der Waals surface area contributed by atoms with Crippen LogP contribution in [0.4, 0.5) is 4.39 Å². The van der Waals surface area contributed by atoms with Crippen molar-refractivity contribution >= 4 is 6.08 Å². The third-order valence-corrected chi connectivity index (χ3v) is 2.58. The molecule has 0 saturated carbocycles. The Morgan fingerprint density at radius 2 is 1.33 bits per heavy atom. The molecule has 5 heteroatoms. The molecule has 0 unspecified atom stereocenters. The molecule has 0 saturated heterocycles. The smallest absolute Gasteiger partial charge is 0.119 e. The van der Waals surface area contributed by atoms with Crippen LogP contribution in [0.25, 0.3) is 6.08 Å². The molecule has 0 aliphatic carbocycles. The minimum Gasteiger partial charge on any atom is -0.491 e. The fourth-order valence-electron chi connectivity index (χ4n) is 1.52. The molecular weight excluding hydrogens is 275 g/mol. The van der Waals surface area contributed by atoms with Crippen LogP contribution in [0.3, 0.4) is 0 Å². The third kappa shape index (κ3) is 9.18. The van der Waals surface area contributed by atoms with Gasteiger partial charge in [-0.25, -0.2) is 4.39 Å². The first-order valence-corrected chi connectivity index (χ1v) is 7.01. The third-order valence-electron chi connectivity index (χ3n) is 2.58. The Hall–Kier alpha value is -1.43. The van der Waals surface area contributed by atoms with Crippen LogP contribution >= 0.6 is 0 Å². The Kier molecular flexibility index (Phi) is 10.3. The van der Waals surface area contributed by atoms with Crippen LogP contribution in [-0.2, 0) is 14.2 Å². The molecule has 0 bridgehead atoms. The van der Waals surface area contributed by atoms with Gasteiger partial charge in [0.05, 0.1) is 39.6 Å². The molecule has 118 valence electrons. The van der Waals surface area contributed by atoms with Gasteiger partial charge in [-0.1, -0.05) is 24.8 Å². The Balaban J connectivity index is 1.89. The zero-order valence-electron chi connectivity index (χ0n) is 12.3. The fraction of sp³-hybridized carbons (Fsp3) is 0.500. The van der Waals surface area contributed by atoms with Crippen molar-refractivity contribution in [2.75, 3.05) is 52.9 Å². The molecule has 0 aliphatic heterocycles. The largest absolute Gasteiger partial charge is 0.491 e. The van der Waals surface area contributed by atoms with E-state index in [0.29, 0.717) is 39.6 Å². The van der Waals surface area contributed by atoms with E-state index in [9.17, 15) is 4.39 Å². The normalized spacial score (nSPS) is 10.5. The summed E-state index contributed by atoms with van der Waals surface area (Å²) < 4.78 is 32.8. The van der Waals surface area contributed by atoms with Crippen molar-refractivity contribution in [1.29, 1.82) is 0 Å². The van der Waals surface area contributed by atoms with Crippen LogP contribution in [-0.4, -0.2) is 52.9 Å². The summed E-state index contributed by atoms with van der Waals surface area (Å²) in [7, 11) is 0. The average Bonchev–Trinajstić information content (AvgIpc) is 2.53. The van der Waals surface area contributed by atoms with E-state index in [1.54, 1.807) is 6.08 Å². The highest BCUT2D eigenvalue weighted by Gasteiger charge is 1.95. The van der Waals surface area contributed by atoms with Gasteiger partial charge in [0, 0.05) is 0 Å². The Labute approximate surface area is 125 Å². The molecule has 0 radical (unpaired) electrons. The van der Waals surface area contributed by atoms with E-state index in [2.05, 4.69) is 6.58 Å². The van der Waals surface area contributed by atoms with Gasteiger partial charge in [-0.3, -0.25) is 0 Å². The van der Waals surface area contributed by atoms with Crippen molar-refractivity contribution in [1.82, 2.24) is 0 Å². The van der Waals surface area contributed by atoms with Crippen molar-refractivity contribution < 1.29 is 23.3 Å². The second-order valence-corrected chi connectivity index (χ2v) is 4.15. The number of hydrogen-bond donors (Lipinski definition) is 0. The molecule has 1 aromatic rings. The van der Waals surface area contributed by atoms with E-state index in [1.807, 2.05) is 24.3 Å². The van der Waals surface area contributed by atoms with Gasteiger partial charge >= 0.3 is 0 Å². The molecule has 0 aromatic heterocycles. The van der Waals surface area contributed by atoms with E-state index in [1.165, 1.54) is 0 Å². The second-order valence-electron chi connectivity index (χ2n) is 4.15. The topological polar surface area (TPSA) is 36.9 Å². The molecule has 0 amide bonds. The predicted molar refractivity (Wildman–Crippen MR) is 80.5 cm³/mol. The van der Waals surface area contributed by atoms with Gasteiger partial charge in [-0.2, -0.15) is 0 Å². The van der Waals surface area contributed by atoms with Gasteiger partial charge in [0.25, 0.3) is 0 Å². The highest BCUT2D eigenvalue weighted by Crippen LogP contribution is 2.12. The van der Waals surface area contributed by atoms with E-state index < -0.39 is 6.67 Å². The van der Waals surface area contributed by atoms with Gasteiger partial charge in [0.1, 0.15) is 19.0 Å². The Morgan fingerprint density at radius 1 is 0.810 bits per heavy atom. The van der Waals surface area contributed by atoms with Crippen LogP contribution in [0.2, 0.25) is 0 Å². The summed E-state index contributed by atoms with van der Waals surface area (Å²) in [5.41, 5.74) is 1.06. The minimum absolute atomic E-state index is 0.130. The SMILES string of the molecule is C=Cc1ccc(OCCOCCOCCOCCF)cc1. The molecule has 0 N–H and O–H groups in total. The number of hydrogen-bond acceptors (Lipinski definition) is 4. The van der Waals surface area contributed by atoms with Crippen molar-refractivity contribution in [2.24, 2.45) is 0 Å². The first-order valence-electron chi connectivity index (χ1n) is 7.01. The number of alkyl halides is 1. The second kappa shape index (κ2) is 12.3. The number of ether oxygens (including phenoxy) is 4. The summed E-state index contributed by atoms with van der Waals surface area (Å²) in [5, 5.41) is 0. The van der Waals surface area contributed by atoms with Crippen LogP contribution < -0.4 is 4.74 Å². The maximum Gasteiger partial charge on any atom is 0.119 e. The van der Waals surface area contributed by atoms with Crippen LogP contribution in [0.15, 0.2) is 30.8 Å². The van der Waals surface area contributed by atoms with Crippen molar-refractivity contribution in [3.63, 3.8) is 0 Å². The summed E-state index contributed by atoms with van der Waals surface area (Å²) in [6.07, 6.45) is 1.79. The lowest BCUT2D eigenvalue weighted by Crippen LogP contribution is -2.13. The Morgan fingerprint density at radius 3 is 1.86 bits per heavy atom. The first-order chi connectivity index (χ1) is 10.4. The molecule has 4 nitrogen and oxygen atoms in total. The monoisotopic (exact) mass is 298 g/mol. The highest BCUT2D eigenvalue weighted by molar-refractivity contribution is 5.48. The summed E-state index contributed by atoms with van der Waals surface area (Å²) in [6.45, 7) is 6.22. The lowest BCUT2D eigenvalue weighted by molar-refractivity contribution is 0.00750. The number of rotatable bonds is 13. The molecule has 0 fully saturated rings. The zero-order chi connectivity index (χ0) is 15.2. The van der Waals surface area contributed by atoms with E-state index in [-0.39, 0.29) is 6.61 Å². The van der Waals surface area contributed by atoms with Crippen molar-refractivity contribution in [3.8, 4) is 5.75 Å². The summed E-state index contributed by atoms with van der Waals surface area (Å²) in [5.74, 6) is 0.811. The molecule has 21 heavy (non-hydrogen) atoms. The summed E-state index contributed by atoms with van der Waals surface area (Å²) in [6, 6.07) is 7.69. The maximum absolute atomic E-state index is 11.7. The van der Waals surface area contributed by atoms with E-state index in [4.69, 9.17) is 18.9 Å². The van der Waals surface area contributed by atoms with Crippen LogP contribution in [0.5, 0.6) is 5.75 Å². The van der Waals surface area contributed by atoms with Crippen molar-refractivity contribution in [3.05, 3.63) is 36.4 Å². The summed E-state index contributed by atoms with van der Waals surface area (Å²) in [4.78, 5) is 0. The molecule has 1 rings (SSSR count). The minimum atomic E-state index is -0.459. The first kappa shape index (κ1) is 17.6. The standard InChI is InChI=1S/C16H23FO4/c1-2-15-3-5-16(6-4-15)21-14-13-20-12-11-19-10-9-18-8-7-17/h2-6H,1,7-14H2. The highest BCUT2D eigenvalue weighted by atomic mass is 19.1. The van der Waals surface area contributed by atoms with Crippen molar-refractivity contribution in [2.45, 2.75) is 0 Å². The van der Waals surface area contributed by atoms with Gasteiger partial charge in [-0.15, -0.1) is 0 Å². The fourth-order valence-corrected chi connectivity index (χ4v) is 1.52. The molecular formula is C16H23FO4. The van der Waals surface area contributed by atoms with Gasteiger partial charge < -0.3 is 18.9 Å². The Bertz CT molecular complexity index is 367. The maximum atomic E-state index is 11.7. The van der Waals surface area contributed by atoms with Crippen LogP contribution in [0.1, 0.15) is 5.56 Å². The summed E-state index contributed by atoms with van der Waals surface area (Å²) >= 11 is 0. The lowest BCUT2D eigenvalue weighted by Gasteiger charge is -2.08. The van der Waals surface area contributed by atoms with E-state index in [0.717, 1.165) is 11.3 Å². The zero-order valence-corrected chi connectivity index (χ0v) is 12.3. The number of halogens is 1. The van der Waals surface area contributed by atoms with E-state index >= 15 is 0 Å². The molecule has 0 heterocycles. The molecule has 0 aliphatic rings. The quantitative estimate of drug-likeness (QED) is 0.525. The average molecular weight is 298 g/mol. The van der Waals surface area contributed by atoms with Gasteiger partial charge in [0.15, 0.2) is 0 Å². The van der Waals surface area contributed by atoms with Gasteiger partial charge in [0.2, 0.25) is 0 Å². The molecule has 0 atom stereocenters. The van der Waals surface area contributed by atoms with Gasteiger partial charge in [-0.05, 0) is 17.7 Å². The van der Waals surface area contributed by atoms with Crippen LogP contribution in [0, 0.1) is 0 Å². The molecule has 0 spiro atoms. The predicted octanol–water partition coefficient (Wildman–Crippen LogP) is 2.73. The number of benzene rings is 1. The molecule has 1 aromatic carbocycles. The lowest BCUT2D eigenvalue weighted by atomic mass is 10.2.